The lowest BCUT2D eigenvalue weighted by Crippen LogP contribution is -2.39. The minimum absolute atomic E-state index is 0.0838. The highest BCUT2D eigenvalue weighted by Gasteiger charge is 2.06. The van der Waals surface area contributed by atoms with Crippen LogP contribution >= 0.6 is 23.8 Å². The van der Waals surface area contributed by atoms with E-state index in [1.54, 1.807) is 0 Å². The molecule has 0 aliphatic carbocycles. The van der Waals surface area contributed by atoms with E-state index >= 15 is 0 Å². The van der Waals surface area contributed by atoms with Gasteiger partial charge in [0, 0.05) is 10.7 Å². The predicted molar refractivity (Wildman–Crippen MR) is 96.9 cm³/mol. The molecule has 0 bridgehead atoms. The van der Waals surface area contributed by atoms with Crippen LogP contribution in [0.1, 0.15) is 12.5 Å². The molecular weight excluding hydrogens is 316 g/mol. The van der Waals surface area contributed by atoms with E-state index in [4.69, 9.17) is 28.6 Å². The monoisotopic (exact) mass is 334 g/mol. The van der Waals surface area contributed by atoms with Crippen molar-refractivity contribution in [2.24, 2.45) is 0 Å². The zero-order chi connectivity index (χ0) is 15.9. The topological polar surface area (TPSA) is 33.3 Å². The van der Waals surface area contributed by atoms with Crippen molar-refractivity contribution in [3.63, 3.8) is 0 Å². The molecule has 2 aromatic rings. The van der Waals surface area contributed by atoms with Gasteiger partial charge in [0.25, 0.3) is 0 Å². The summed E-state index contributed by atoms with van der Waals surface area (Å²) in [5.74, 6) is 0.855. The average molecular weight is 335 g/mol. The Morgan fingerprint density at radius 2 is 1.95 bits per heavy atom. The molecule has 0 aliphatic rings. The molecule has 22 heavy (non-hydrogen) atoms. The fourth-order valence-electron chi connectivity index (χ4n) is 1.85. The van der Waals surface area contributed by atoms with E-state index in [1.165, 1.54) is 5.56 Å². The third-order valence-electron chi connectivity index (χ3n) is 2.98. The van der Waals surface area contributed by atoms with Crippen molar-refractivity contribution in [3.05, 3.63) is 59.1 Å². The average Bonchev–Trinajstić information content (AvgIpc) is 2.46. The number of anilines is 1. The van der Waals surface area contributed by atoms with Crippen LogP contribution in [-0.4, -0.2) is 17.8 Å². The summed E-state index contributed by atoms with van der Waals surface area (Å²) in [6.45, 7) is 4.59. The minimum atomic E-state index is 0.0838. The summed E-state index contributed by atoms with van der Waals surface area (Å²) in [6, 6.07) is 15.5. The van der Waals surface area contributed by atoms with Crippen LogP contribution in [0.5, 0.6) is 5.75 Å². The molecular formula is C17H19ClN2OS. The second-order valence-electron chi connectivity index (χ2n) is 5.13. The Bertz CT molecular complexity index is 631. The van der Waals surface area contributed by atoms with Crippen molar-refractivity contribution in [3.8, 4) is 5.75 Å². The lowest BCUT2D eigenvalue weighted by atomic mass is 10.2. The molecule has 0 amide bonds. The van der Waals surface area contributed by atoms with Gasteiger partial charge in [0.2, 0.25) is 0 Å². The number of aryl methyl sites for hydroxylation is 1. The van der Waals surface area contributed by atoms with Crippen LogP contribution in [0.3, 0.4) is 0 Å². The Labute approximate surface area is 141 Å². The van der Waals surface area contributed by atoms with E-state index < -0.39 is 0 Å². The zero-order valence-electron chi connectivity index (χ0n) is 12.6. The van der Waals surface area contributed by atoms with Crippen LogP contribution in [0, 0.1) is 6.92 Å². The largest absolute Gasteiger partial charge is 0.491 e. The van der Waals surface area contributed by atoms with Gasteiger partial charge in [-0.05, 0) is 56.4 Å². The summed E-state index contributed by atoms with van der Waals surface area (Å²) in [5, 5.41) is 7.50. The van der Waals surface area contributed by atoms with Crippen molar-refractivity contribution >= 4 is 34.6 Å². The van der Waals surface area contributed by atoms with E-state index in [9.17, 15) is 0 Å². The van der Waals surface area contributed by atoms with Gasteiger partial charge in [0.05, 0.1) is 6.04 Å². The summed E-state index contributed by atoms with van der Waals surface area (Å²) in [5.41, 5.74) is 2.07. The first-order valence-corrected chi connectivity index (χ1v) is 7.84. The van der Waals surface area contributed by atoms with E-state index in [0.717, 1.165) is 11.4 Å². The molecule has 0 radical (unpaired) electrons. The number of halogens is 1. The van der Waals surface area contributed by atoms with Gasteiger partial charge < -0.3 is 15.4 Å². The van der Waals surface area contributed by atoms with Gasteiger partial charge in [0.1, 0.15) is 12.4 Å². The van der Waals surface area contributed by atoms with E-state index in [-0.39, 0.29) is 6.04 Å². The molecule has 0 saturated carbocycles. The van der Waals surface area contributed by atoms with Gasteiger partial charge in [-0.15, -0.1) is 0 Å². The number of thiocarbonyl (C=S) groups is 1. The predicted octanol–water partition coefficient (Wildman–Crippen LogP) is 4.40. The molecule has 3 nitrogen and oxygen atoms in total. The lowest BCUT2D eigenvalue weighted by Gasteiger charge is -2.17. The SMILES string of the molecule is Cc1ccc(OC[C@H](C)NC(=S)Nc2cccc(Cl)c2)cc1. The van der Waals surface area contributed by atoms with Gasteiger partial charge in [-0.2, -0.15) is 0 Å². The first-order valence-electron chi connectivity index (χ1n) is 7.05. The molecule has 0 unspecified atom stereocenters. The van der Waals surface area contributed by atoms with Gasteiger partial charge in [-0.3, -0.25) is 0 Å². The molecule has 2 rings (SSSR count). The highest BCUT2D eigenvalue weighted by molar-refractivity contribution is 7.80. The number of nitrogens with one attached hydrogen (secondary N) is 2. The first kappa shape index (κ1) is 16.6. The van der Waals surface area contributed by atoms with E-state index in [1.807, 2.05) is 62.4 Å². The number of hydrogen-bond acceptors (Lipinski definition) is 2. The first-order chi connectivity index (χ1) is 10.5. The summed E-state index contributed by atoms with van der Waals surface area (Å²) < 4.78 is 5.72. The highest BCUT2D eigenvalue weighted by atomic mass is 35.5. The maximum atomic E-state index is 5.94. The second-order valence-corrected chi connectivity index (χ2v) is 5.98. The zero-order valence-corrected chi connectivity index (χ0v) is 14.2. The number of benzene rings is 2. The fourth-order valence-corrected chi connectivity index (χ4v) is 2.36. The van der Waals surface area contributed by atoms with Gasteiger partial charge >= 0.3 is 0 Å². The van der Waals surface area contributed by atoms with Crippen LogP contribution < -0.4 is 15.4 Å². The number of rotatable bonds is 5. The molecule has 5 heteroatoms. The van der Waals surface area contributed by atoms with Gasteiger partial charge in [-0.1, -0.05) is 35.4 Å². The van der Waals surface area contributed by atoms with Crippen molar-refractivity contribution < 1.29 is 4.74 Å². The summed E-state index contributed by atoms with van der Waals surface area (Å²) in [6.07, 6.45) is 0. The molecule has 2 N–H and O–H groups in total. The van der Waals surface area contributed by atoms with E-state index in [2.05, 4.69) is 10.6 Å². The molecule has 116 valence electrons. The van der Waals surface area contributed by atoms with Crippen LogP contribution in [0.15, 0.2) is 48.5 Å². The lowest BCUT2D eigenvalue weighted by molar-refractivity contribution is 0.287. The fraction of sp³-hybridized carbons (Fsp3) is 0.235. The molecule has 2 aromatic carbocycles. The summed E-state index contributed by atoms with van der Waals surface area (Å²) in [4.78, 5) is 0. The van der Waals surface area contributed by atoms with Crippen LogP contribution in [0.25, 0.3) is 0 Å². The Hall–Kier alpha value is -1.78. The standard InChI is InChI=1S/C17H19ClN2OS/c1-12-6-8-16(9-7-12)21-11-13(2)19-17(22)20-15-5-3-4-14(18)10-15/h3-10,13H,11H2,1-2H3,(H2,19,20,22)/t13-/m0/s1. The van der Waals surface area contributed by atoms with Crippen molar-refractivity contribution in [1.29, 1.82) is 0 Å². The molecule has 1 atom stereocenters. The minimum Gasteiger partial charge on any atom is -0.491 e. The Morgan fingerprint density at radius 3 is 2.64 bits per heavy atom. The van der Waals surface area contributed by atoms with Gasteiger partial charge in [0.15, 0.2) is 5.11 Å². The summed E-state index contributed by atoms with van der Waals surface area (Å²) >= 11 is 11.2. The maximum absolute atomic E-state index is 5.94. The van der Waals surface area contributed by atoms with Crippen molar-refractivity contribution in [2.45, 2.75) is 19.9 Å². The molecule has 0 fully saturated rings. The number of ether oxygens (including phenoxy) is 1. The Kier molecular flexibility index (Phi) is 6.04. The van der Waals surface area contributed by atoms with Gasteiger partial charge in [-0.25, -0.2) is 0 Å². The Morgan fingerprint density at radius 1 is 1.23 bits per heavy atom. The van der Waals surface area contributed by atoms with Crippen LogP contribution in [-0.2, 0) is 0 Å². The van der Waals surface area contributed by atoms with E-state index in [0.29, 0.717) is 16.7 Å². The maximum Gasteiger partial charge on any atom is 0.171 e. The molecule has 0 saturated heterocycles. The van der Waals surface area contributed by atoms with Crippen molar-refractivity contribution in [1.82, 2.24) is 5.32 Å². The highest BCUT2D eigenvalue weighted by Crippen LogP contribution is 2.15. The Balaban J connectivity index is 1.77. The smallest absolute Gasteiger partial charge is 0.171 e. The third-order valence-corrected chi connectivity index (χ3v) is 3.44. The van der Waals surface area contributed by atoms with Crippen LogP contribution in [0.4, 0.5) is 5.69 Å². The molecule has 0 heterocycles. The second kappa shape index (κ2) is 8.01. The molecule has 0 aliphatic heterocycles. The summed E-state index contributed by atoms with van der Waals surface area (Å²) in [7, 11) is 0. The molecule has 0 spiro atoms. The third kappa shape index (κ3) is 5.54. The van der Waals surface area contributed by atoms with Crippen LogP contribution in [0.2, 0.25) is 5.02 Å². The normalized spacial score (nSPS) is 11.6. The quantitative estimate of drug-likeness (QED) is 0.794. The number of hydrogen-bond donors (Lipinski definition) is 2. The molecule has 0 aromatic heterocycles. The van der Waals surface area contributed by atoms with Crippen molar-refractivity contribution in [2.75, 3.05) is 11.9 Å².